The van der Waals surface area contributed by atoms with Crippen LogP contribution in [-0.4, -0.2) is 53.8 Å². The number of rotatable bonds is 5. The molecule has 0 saturated carbocycles. The highest BCUT2D eigenvalue weighted by Gasteiger charge is 2.22. The Bertz CT molecular complexity index is 652. The second-order valence-corrected chi connectivity index (χ2v) is 5.70. The Morgan fingerprint density at radius 2 is 1.88 bits per heavy atom. The number of hydrogen-bond donors (Lipinski definition) is 0. The van der Waals surface area contributed by atoms with Crippen molar-refractivity contribution < 1.29 is 9.53 Å². The van der Waals surface area contributed by atoms with Crippen molar-refractivity contribution in [2.45, 2.75) is 13.3 Å². The molecule has 126 valence electrons. The predicted octanol–water partition coefficient (Wildman–Crippen LogP) is 1.77. The number of amides is 1. The monoisotopic (exact) mass is 326 g/mol. The van der Waals surface area contributed by atoms with Crippen LogP contribution in [0.1, 0.15) is 12.5 Å². The molecule has 6 heteroatoms. The topological polar surface area (TPSA) is 58.6 Å². The van der Waals surface area contributed by atoms with Gasteiger partial charge in [-0.05, 0) is 36.8 Å². The molecule has 0 aliphatic carbocycles. The fourth-order valence-corrected chi connectivity index (χ4v) is 2.80. The van der Waals surface area contributed by atoms with Gasteiger partial charge in [0.15, 0.2) is 5.82 Å². The average molecular weight is 326 g/mol. The summed E-state index contributed by atoms with van der Waals surface area (Å²) in [4.78, 5) is 16.5. The van der Waals surface area contributed by atoms with Gasteiger partial charge in [-0.3, -0.25) is 4.79 Å². The lowest BCUT2D eigenvalue weighted by Crippen LogP contribution is -2.49. The minimum Gasteiger partial charge on any atom is -0.494 e. The highest BCUT2D eigenvalue weighted by atomic mass is 16.5. The van der Waals surface area contributed by atoms with E-state index in [1.165, 1.54) is 0 Å². The molecule has 0 spiro atoms. The van der Waals surface area contributed by atoms with Gasteiger partial charge >= 0.3 is 0 Å². The van der Waals surface area contributed by atoms with Gasteiger partial charge in [-0.15, -0.1) is 5.10 Å². The quantitative estimate of drug-likeness (QED) is 0.838. The van der Waals surface area contributed by atoms with Crippen LogP contribution in [-0.2, 0) is 11.2 Å². The summed E-state index contributed by atoms with van der Waals surface area (Å²) >= 11 is 0. The summed E-state index contributed by atoms with van der Waals surface area (Å²) in [6.45, 7) is 5.60. The van der Waals surface area contributed by atoms with Gasteiger partial charge in [0, 0.05) is 32.4 Å². The molecule has 1 aliphatic rings. The standard InChI is InChI=1S/C18H22N4O2/c1-2-24-16-7-5-15(6-8-16)14-18(23)22-12-10-21(11-13-22)17-4-3-9-19-20-17/h3-9H,2,10-14H2,1H3. The molecule has 2 heterocycles. The Hall–Kier alpha value is -2.63. The van der Waals surface area contributed by atoms with Crippen molar-refractivity contribution in [1.82, 2.24) is 15.1 Å². The zero-order valence-corrected chi connectivity index (χ0v) is 13.9. The minimum absolute atomic E-state index is 0.165. The Balaban J connectivity index is 1.51. The molecule has 2 aromatic rings. The lowest BCUT2D eigenvalue weighted by Gasteiger charge is -2.35. The molecule has 0 atom stereocenters. The second kappa shape index (κ2) is 7.77. The van der Waals surface area contributed by atoms with Gasteiger partial charge in [-0.1, -0.05) is 12.1 Å². The number of benzene rings is 1. The molecule has 0 radical (unpaired) electrons. The van der Waals surface area contributed by atoms with Crippen LogP contribution in [0, 0.1) is 0 Å². The first-order valence-electron chi connectivity index (χ1n) is 8.28. The predicted molar refractivity (Wildman–Crippen MR) is 92.1 cm³/mol. The maximum Gasteiger partial charge on any atom is 0.227 e. The molecule has 1 aromatic heterocycles. The smallest absolute Gasteiger partial charge is 0.227 e. The Morgan fingerprint density at radius 1 is 1.12 bits per heavy atom. The number of hydrogen-bond acceptors (Lipinski definition) is 5. The lowest BCUT2D eigenvalue weighted by molar-refractivity contribution is -0.130. The summed E-state index contributed by atoms with van der Waals surface area (Å²) in [6.07, 6.45) is 2.09. The first-order chi connectivity index (χ1) is 11.8. The maximum absolute atomic E-state index is 12.5. The number of carbonyl (C=O) groups excluding carboxylic acids is 1. The molecule has 0 unspecified atom stereocenters. The minimum atomic E-state index is 0.165. The largest absolute Gasteiger partial charge is 0.494 e. The van der Waals surface area contributed by atoms with Gasteiger partial charge in [-0.2, -0.15) is 5.10 Å². The molecule has 6 nitrogen and oxygen atoms in total. The van der Waals surface area contributed by atoms with E-state index >= 15 is 0 Å². The molecule has 0 N–H and O–H groups in total. The molecule has 1 aromatic carbocycles. The number of aromatic nitrogens is 2. The molecule has 24 heavy (non-hydrogen) atoms. The van der Waals surface area contributed by atoms with Gasteiger partial charge < -0.3 is 14.5 Å². The molecule has 1 saturated heterocycles. The van der Waals surface area contributed by atoms with Gasteiger partial charge in [0.1, 0.15) is 5.75 Å². The van der Waals surface area contributed by atoms with Crippen LogP contribution < -0.4 is 9.64 Å². The van der Waals surface area contributed by atoms with E-state index in [0.717, 1.165) is 30.2 Å². The lowest BCUT2D eigenvalue weighted by atomic mass is 10.1. The third kappa shape index (κ3) is 4.01. The molecule has 3 rings (SSSR count). The van der Waals surface area contributed by atoms with Crippen LogP contribution in [0.5, 0.6) is 5.75 Å². The SMILES string of the molecule is CCOc1ccc(CC(=O)N2CCN(c3cccnn3)CC2)cc1. The van der Waals surface area contributed by atoms with Crippen molar-refractivity contribution in [3.8, 4) is 5.75 Å². The average Bonchev–Trinajstić information content (AvgIpc) is 2.64. The maximum atomic E-state index is 12.5. The van der Waals surface area contributed by atoms with Crippen LogP contribution in [0.15, 0.2) is 42.6 Å². The number of anilines is 1. The summed E-state index contributed by atoms with van der Waals surface area (Å²) in [7, 11) is 0. The van der Waals surface area contributed by atoms with Crippen molar-refractivity contribution in [2.75, 3.05) is 37.7 Å². The third-order valence-corrected chi connectivity index (χ3v) is 4.10. The highest BCUT2D eigenvalue weighted by Crippen LogP contribution is 2.15. The van der Waals surface area contributed by atoms with Gasteiger partial charge in [0.05, 0.1) is 13.0 Å². The van der Waals surface area contributed by atoms with Gasteiger partial charge in [0.2, 0.25) is 5.91 Å². The summed E-state index contributed by atoms with van der Waals surface area (Å²) < 4.78 is 5.42. The van der Waals surface area contributed by atoms with Gasteiger partial charge in [0.25, 0.3) is 0 Å². The second-order valence-electron chi connectivity index (χ2n) is 5.70. The fourth-order valence-electron chi connectivity index (χ4n) is 2.80. The summed E-state index contributed by atoms with van der Waals surface area (Å²) in [5, 5.41) is 8.03. The Kier molecular flexibility index (Phi) is 5.25. The molecular formula is C18H22N4O2. The van der Waals surface area contributed by atoms with E-state index in [-0.39, 0.29) is 5.91 Å². The zero-order chi connectivity index (χ0) is 16.8. The first kappa shape index (κ1) is 16.2. The summed E-state index contributed by atoms with van der Waals surface area (Å²) in [5.74, 6) is 1.88. The molecule has 1 amide bonds. The van der Waals surface area contributed by atoms with E-state index in [4.69, 9.17) is 4.74 Å². The van der Waals surface area contributed by atoms with Crippen molar-refractivity contribution in [3.05, 3.63) is 48.2 Å². The van der Waals surface area contributed by atoms with E-state index in [1.807, 2.05) is 48.2 Å². The Morgan fingerprint density at radius 3 is 2.50 bits per heavy atom. The van der Waals surface area contributed by atoms with E-state index < -0.39 is 0 Å². The number of piperazine rings is 1. The first-order valence-corrected chi connectivity index (χ1v) is 8.28. The van der Waals surface area contributed by atoms with Crippen LogP contribution in [0.2, 0.25) is 0 Å². The van der Waals surface area contributed by atoms with Crippen molar-refractivity contribution in [3.63, 3.8) is 0 Å². The normalized spacial score (nSPS) is 14.5. The van der Waals surface area contributed by atoms with E-state index in [9.17, 15) is 4.79 Å². The van der Waals surface area contributed by atoms with Crippen LogP contribution >= 0.6 is 0 Å². The van der Waals surface area contributed by atoms with Gasteiger partial charge in [-0.25, -0.2) is 0 Å². The van der Waals surface area contributed by atoms with E-state index in [0.29, 0.717) is 26.1 Å². The molecule has 0 bridgehead atoms. The third-order valence-electron chi connectivity index (χ3n) is 4.10. The number of ether oxygens (including phenoxy) is 1. The molecule has 1 aliphatic heterocycles. The van der Waals surface area contributed by atoms with Crippen molar-refractivity contribution in [1.29, 1.82) is 0 Å². The Labute approximate surface area is 142 Å². The highest BCUT2D eigenvalue weighted by molar-refractivity contribution is 5.79. The van der Waals surface area contributed by atoms with E-state index in [2.05, 4.69) is 15.1 Å². The van der Waals surface area contributed by atoms with Crippen molar-refractivity contribution >= 4 is 11.7 Å². The van der Waals surface area contributed by atoms with Crippen LogP contribution in [0.3, 0.4) is 0 Å². The van der Waals surface area contributed by atoms with Crippen LogP contribution in [0.4, 0.5) is 5.82 Å². The van der Waals surface area contributed by atoms with Crippen molar-refractivity contribution in [2.24, 2.45) is 0 Å². The summed E-state index contributed by atoms with van der Waals surface area (Å²) in [5.41, 5.74) is 1.01. The summed E-state index contributed by atoms with van der Waals surface area (Å²) in [6, 6.07) is 11.6. The molecular weight excluding hydrogens is 304 g/mol. The zero-order valence-electron chi connectivity index (χ0n) is 13.9. The number of nitrogens with zero attached hydrogens (tertiary/aromatic N) is 4. The molecule has 1 fully saturated rings. The fraction of sp³-hybridized carbons (Fsp3) is 0.389. The van der Waals surface area contributed by atoms with Crippen LogP contribution in [0.25, 0.3) is 0 Å². The number of carbonyl (C=O) groups is 1. The van der Waals surface area contributed by atoms with E-state index in [1.54, 1.807) is 6.20 Å².